The molecule has 1 aliphatic heterocycles. The summed E-state index contributed by atoms with van der Waals surface area (Å²) in [5.74, 6) is -0.888. The molecule has 2 aliphatic carbocycles. The molecule has 2 saturated carbocycles. The lowest BCUT2D eigenvalue weighted by Crippen LogP contribution is -2.66. The molecule has 0 atom stereocenters. The molecule has 0 aromatic heterocycles. The number of hydrogen-bond donors (Lipinski definition) is 0. The number of benzene rings is 1. The molecule has 8 nitrogen and oxygen atoms in total. The van der Waals surface area contributed by atoms with Crippen LogP contribution in [0.5, 0.6) is 0 Å². The number of non-ortho nitro benzene ring substituents is 1. The molecular weight excluding hydrogens is 424 g/mol. The largest absolute Gasteiger partial charge is 0.369 e. The van der Waals surface area contributed by atoms with Crippen LogP contribution in [0.2, 0.25) is 0 Å². The Morgan fingerprint density at radius 3 is 1.42 bits per heavy atom. The first kappa shape index (κ1) is 23.3. The van der Waals surface area contributed by atoms with E-state index in [1.165, 1.54) is 12.1 Å². The second kappa shape index (κ2) is 7.30. The molecule has 176 valence electrons. The molecule has 1 saturated heterocycles. The van der Waals surface area contributed by atoms with E-state index in [9.17, 15) is 29.3 Å². The van der Waals surface area contributed by atoms with Crippen molar-refractivity contribution in [3.05, 3.63) is 34.4 Å². The van der Waals surface area contributed by atoms with E-state index in [1.54, 1.807) is 17.0 Å². The summed E-state index contributed by atoms with van der Waals surface area (Å²) in [6.45, 7) is 7.65. The fraction of sp³-hybridized carbons (Fsp3) is 0.600. The van der Waals surface area contributed by atoms with Crippen LogP contribution >= 0.6 is 0 Å². The molecule has 2 spiro atoms. The minimum absolute atomic E-state index is 0.0645. The SMILES string of the molecule is CC1(C)CC(=O)C2(CN(c3ccc([N+](=O)[O-])cc3)CC3(C2)C(=O)CC(C)(C)CC3=O)C(=O)C1. The summed E-state index contributed by atoms with van der Waals surface area (Å²) < 4.78 is 0. The standard InChI is InChI=1S/C25H30N2O6/c1-22(2)9-18(28)24(19(29)10-22)13-25(20(30)11-23(3,4)12-21(25)31)15-26(14-24)16-5-7-17(8-6-16)27(32)33/h5-8H,9-15H2,1-4H3. The van der Waals surface area contributed by atoms with Crippen molar-refractivity contribution in [2.45, 2.75) is 59.8 Å². The summed E-state index contributed by atoms with van der Waals surface area (Å²) in [7, 11) is 0. The Balaban J connectivity index is 1.82. The van der Waals surface area contributed by atoms with Gasteiger partial charge in [0.1, 0.15) is 34.0 Å². The number of carbonyl (C=O) groups excluding carboxylic acids is 4. The van der Waals surface area contributed by atoms with Gasteiger partial charge in [0, 0.05) is 56.6 Å². The maximum absolute atomic E-state index is 13.5. The van der Waals surface area contributed by atoms with Crippen LogP contribution in [0.25, 0.3) is 0 Å². The molecule has 1 aromatic rings. The lowest BCUT2D eigenvalue weighted by molar-refractivity contribution is -0.384. The quantitative estimate of drug-likeness (QED) is 0.380. The molecule has 0 unspecified atom stereocenters. The van der Waals surface area contributed by atoms with Crippen molar-refractivity contribution in [1.82, 2.24) is 0 Å². The average Bonchev–Trinajstić information content (AvgIpc) is 2.69. The summed E-state index contributed by atoms with van der Waals surface area (Å²) in [6.07, 6.45) is 0.756. The Morgan fingerprint density at radius 1 is 0.727 bits per heavy atom. The number of nitrogens with zero attached hydrogens (tertiary/aromatic N) is 2. The van der Waals surface area contributed by atoms with E-state index in [0.29, 0.717) is 5.69 Å². The van der Waals surface area contributed by atoms with Crippen LogP contribution in [0.1, 0.15) is 59.8 Å². The second-order valence-corrected chi connectivity index (χ2v) is 11.7. The van der Waals surface area contributed by atoms with E-state index >= 15 is 0 Å². The molecule has 0 radical (unpaired) electrons. The molecule has 0 amide bonds. The Labute approximate surface area is 192 Å². The van der Waals surface area contributed by atoms with Gasteiger partial charge in [-0.2, -0.15) is 0 Å². The van der Waals surface area contributed by atoms with Crippen molar-refractivity contribution in [2.24, 2.45) is 21.7 Å². The zero-order valence-electron chi connectivity index (χ0n) is 19.6. The summed E-state index contributed by atoms with van der Waals surface area (Å²) >= 11 is 0. The molecule has 1 heterocycles. The number of carbonyl (C=O) groups is 4. The van der Waals surface area contributed by atoms with E-state index < -0.39 is 26.6 Å². The van der Waals surface area contributed by atoms with E-state index in [4.69, 9.17) is 0 Å². The molecule has 0 bridgehead atoms. The minimum Gasteiger partial charge on any atom is -0.369 e. The van der Waals surface area contributed by atoms with E-state index in [0.717, 1.165) is 0 Å². The zero-order valence-corrected chi connectivity index (χ0v) is 19.6. The smallest absolute Gasteiger partial charge is 0.269 e. The van der Waals surface area contributed by atoms with Gasteiger partial charge in [0.25, 0.3) is 5.69 Å². The van der Waals surface area contributed by atoms with Gasteiger partial charge < -0.3 is 4.90 Å². The zero-order chi connectivity index (χ0) is 24.4. The predicted molar refractivity (Wildman–Crippen MR) is 121 cm³/mol. The number of ketones is 4. The number of nitro groups is 1. The molecule has 8 heteroatoms. The highest BCUT2D eigenvalue weighted by molar-refractivity contribution is 6.15. The lowest BCUT2D eigenvalue weighted by Gasteiger charge is -2.54. The number of rotatable bonds is 2. The molecule has 1 aromatic carbocycles. The van der Waals surface area contributed by atoms with Crippen molar-refractivity contribution in [1.29, 1.82) is 0 Å². The van der Waals surface area contributed by atoms with Crippen molar-refractivity contribution < 1.29 is 24.1 Å². The third kappa shape index (κ3) is 3.79. The Bertz CT molecular complexity index is 973. The summed E-state index contributed by atoms with van der Waals surface area (Å²) in [6, 6.07) is 5.80. The topological polar surface area (TPSA) is 115 Å². The predicted octanol–water partition coefficient (Wildman–Crippen LogP) is 3.69. The average molecular weight is 455 g/mol. The van der Waals surface area contributed by atoms with Gasteiger partial charge in [-0.15, -0.1) is 0 Å². The first-order valence-electron chi connectivity index (χ1n) is 11.3. The van der Waals surface area contributed by atoms with Crippen LogP contribution in [0.4, 0.5) is 11.4 Å². The van der Waals surface area contributed by atoms with Crippen LogP contribution in [-0.2, 0) is 19.2 Å². The highest BCUT2D eigenvalue weighted by atomic mass is 16.6. The normalized spacial score (nSPS) is 25.5. The van der Waals surface area contributed by atoms with Crippen LogP contribution < -0.4 is 4.90 Å². The van der Waals surface area contributed by atoms with Gasteiger partial charge in [0.2, 0.25) is 0 Å². The number of piperidine rings is 1. The maximum Gasteiger partial charge on any atom is 0.269 e. The highest BCUT2D eigenvalue weighted by Crippen LogP contribution is 2.54. The first-order chi connectivity index (χ1) is 15.2. The van der Waals surface area contributed by atoms with Crippen molar-refractivity contribution in [3.8, 4) is 0 Å². The third-order valence-corrected chi connectivity index (χ3v) is 7.64. The molecule has 4 rings (SSSR count). The van der Waals surface area contributed by atoms with Gasteiger partial charge in [0.15, 0.2) is 0 Å². The van der Waals surface area contributed by atoms with Crippen LogP contribution in [0, 0.1) is 31.8 Å². The van der Waals surface area contributed by atoms with Crippen LogP contribution in [0.15, 0.2) is 24.3 Å². The fourth-order valence-electron chi connectivity index (χ4n) is 5.90. The minimum atomic E-state index is -1.43. The molecule has 3 fully saturated rings. The maximum atomic E-state index is 13.5. The van der Waals surface area contributed by atoms with Gasteiger partial charge in [-0.3, -0.25) is 29.3 Å². The lowest BCUT2D eigenvalue weighted by atomic mass is 9.51. The van der Waals surface area contributed by atoms with Gasteiger partial charge >= 0.3 is 0 Å². The highest BCUT2D eigenvalue weighted by Gasteiger charge is 2.64. The Hall–Kier alpha value is -2.90. The van der Waals surface area contributed by atoms with Crippen molar-refractivity contribution in [3.63, 3.8) is 0 Å². The van der Waals surface area contributed by atoms with E-state index in [-0.39, 0.29) is 74.0 Å². The van der Waals surface area contributed by atoms with Crippen LogP contribution in [0.3, 0.4) is 0 Å². The molecule has 0 N–H and O–H groups in total. The fourth-order valence-corrected chi connectivity index (χ4v) is 5.90. The summed E-state index contributed by atoms with van der Waals surface area (Å²) in [4.78, 5) is 66.4. The summed E-state index contributed by atoms with van der Waals surface area (Å²) in [5.41, 5.74) is -3.33. The number of Topliss-reactive ketones (excluding diaryl/α,β-unsaturated/α-hetero) is 4. The van der Waals surface area contributed by atoms with E-state index in [2.05, 4.69) is 0 Å². The summed E-state index contributed by atoms with van der Waals surface area (Å²) in [5, 5.41) is 11.1. The van der Waals surface area contributed by atoms with Gasteiger partial charge in [-0.05, 0) is 29.4 Å². The van der Waals surface area contributed by atoms with Gasteiger partial charge in [0.05, 0.1) is 4.92 Å². The number of nitro benzene ring substituents is 1. The molecule has 33 heavy (non-hydrogen) atoms. The molecule has 3 aliphatic rings. The van der Waals surface area contributed by atoms with Gasteiger partial charge in [-0.1, -0.05) is 27.7 Å². The monoisotopic (exact) mass is 454 g/mol. The van der Waals surface area contributed by atoms with Gasteiger partial charge in [-0.25, -0.2) is 0 Å². The van der Waals surface area contributed by atoms with Crippen molar-refractivity contribution in [2.75, 3.05) is 18.0 Å². The van der Waals surface area contributed by atoms with Crippen molar-refractivity contribution >= 4 is 34.5 Å². The third-order valence-electron chi connectivity index (χ3n) is 7.64. The molecular formula is C25H30N2O6. The second-order valence-electron chi connectivity index (χ2n) is 11.7. The van der Waals surface area contributed by atoms with Crippen LogP contribution in [-0.4, -0.2) is 41.1 Å². The number of anilines is 1. The Morgan fingerprint density at radius 2 is 1.09 bits per heavy atom. The van der Waals surface area contributed by atoms with E-state index in [1.807, 2.05) is 27.7 Å². The Kier molecular flexibility index (Phi) is 5.15. The number of hydrogen-bond acceptors (Lipinski definition) is 7. The first-order valence-corrected chi connectivity index (χ1v) is 11.3.